The molecule has 0 aliphatic carbocycles. The van der Waals surface area contributed by atoms with Crippen LogP contribution in [-0.2, 0) is 4.79 Å². The predicted octanol–water partition coefficient (Wildman–Crippen LogP) is 0.580. The van der Waals surface area contributed by atoms with Gasteiger partial charge in [0.05, 0.1) is 6.04 Å². The van der Waals surface area contributed by atoms with Crippen molar-refractivity contribution in [3.63, 3.8) is 0 Å². The molecule has 0 spiro atoms. The van der Waals surface area contributed by atoms with E-state index < -0.39 is 0 Å². The molecule has 4 nitrogen and oxygen atoms in total. The summed E-state index contributed by atoms with van der Waals surface area (Å²) in [5.41, 5.74) is 0. The predicted molar refractivity (Wildman–Crippen MR) is 71.3 cm³/mol. The summed E-state index contributed by atoms with van der Waals surface area (Å²) in [4.78, 5) is 15.8. The Kier molecular flexibility index (Phi) is 6.70. The van der Waals surface area contributed by atoms with E-state index in [-0.39, 0.29) is 6.04 Å². The van der Waals surface area contributed by atoms with Crippen molar-refractivity contribution < 1.29 is 4.79 Å². The number of nitrogens with zero attached hydrogens (tertiary/aromatic N) is 2. The number of aldehydes is 1. The van der Waals surface area contributed by atoms with Gasteiger partial charge in [-0.1, -0.05) is 6.92 Å². The second kappa shape index (κ2) is 7.80. The Balaban J connectivity index is 2.49. The van der Waals surface area contributed by atoms with Crippen LogP contribution in [-0.4, -0.2) is 68.4 Å². The summed E-state index contributed by atoms with van der Waals surface area (Å²) in [7, 11) is 4.04. The second-order valence-corrected chi connectivity index (χ2v) is 5.06. The number of rotatable bonds is 7. The molecule has 0 aromatic rings. The molecule has 0 bridgehead atoms. The molecule has 100 valence electrons. The van der Waals surface area contributed by atoms with E-state index in [0.29, 0.717) is 6.04 Å². The summed E-state index contributed by atoms with van der Waals surface area (Å²) in [6, 6.07) is 0.628. The van der Waals surface area contributed by atoms with Gasteiger partial charge < -0.3 is 15.0 Å². The van der Waals surface area contributed by atoms with Crippen LogP contribution in [0, 0.1) is 0 Å². The molecule has 0 radical (unpaired) electrons. The standard InChI is InChI=1S/C13H27N3O/c1-4-7-16(10-12(11-17)14-2)13-5-8-15(3)9-6-13/h11-14H,4-10H2,1-3H3. The molecule has 1 N–H and O–H groups in total. The molecule has 4 heteroatoms. The summed E-state index contributed by atoms with van der Waals surface area (Å²) in [5, 5.41) is 3.07. The molecule has 1 saturated heterocycles. The summed E-state index contributed by atoms with van der Waals surface area (Å²) < 4.78 is 0. The van der Waals surface area contributed by atoms with Crippen LogP contribution in [0.4, 0.5) is 0 Å². The van der Waals surface area contributed by atoms with Crippen LogP contribution in [0.1, 0.15) is 26.2 Å². The molecule has 0 aromatic heterocycles. The number of hydrogen-bond acceptors (Lipinski definition) is 4. The fraction of sp³-hybridized carbons (Fsp3) is 0.923. The van der Waals surface area contributed by atoms with Crippen LogP contribution in [0.3, 0.4) is 0 Å². The van der Waals surface area contributed by atoms with Crippen molar-refractivity contribution in [3.8, 4) is 0 Å². The number of carbonyl (C=O) groups is 1. The molecule has 0 saturated carbocycles. The van der Waals surface area contributed by atoms with Crippen molar-refractivity contribution in [1.82, 2.24) is 15.1 Å². The zero-order valence-electron chi connectivity index (χ0n) is 11.5. The normalized spacial score (nSPS) is 20.7. The molecular formula is C13H27N3O. The van der Waals surface area contributed by atoms with Gasteiger partial charge >= 0.3 is 0 Å². The summed E-state index contributed by atoms with van der Waals surface area (Å²) in [6.45, 7) is 6.51. The van der Waals surface area contributed by atoms with Gasteiger partial charge in [0.1, 0.15) is 6.29 Å². The third kappa shape index (κ3) is 4.74. The molecule has 17 heavy (non-hydrogen) atoms. The van der Waals surface area contributed by atoms with Gasteiger partial charge in [-0.15, -0.1) is 0 Å². The van der Waals surface area contributed by atoms with Crippen LogP contribution in [0.15, 0.2) is 0 Å². The molecule has 1 unspecified atom stereocenters. The first kappa shape index (κ1) is 14.6. The van der Waals surface area contributed by atoms with Gasteiger partial charge in [-0.25, -0.2) is 0 Å². The highest BCUT2D eigenvalue weighted by Crippen LogP contribution is 2.16. The highest BCUT2D eigenvalue weighted by molar-refractivity contribution is 5.57. The van der Waals surface area contributed by atoms with Crippen molar-refractivity contribution in [1.29, 1.82) is 0 Å². The zero-order valence-corrected chi connectivity index (χ0v) is 11.5. The van der Waals surface area contributed by atoms with Crippen LogP contribution in [0.25, 0.3) is 0 Å². The van der Waals surface area contributed by atoms with Crippen molar-refractivity contribution in [2.75, 3.05) is 40.3 Å². The largest absolute Gasteiger partial charge is 0.310 e. The molecule has 1 rings (SSSR count). The first-order chi connectivity index (χ1) is 8.21. The molecule has 0 amide bonds. The first-order valence-corrected chi connectivity index (χ1v) is 6.76. The molecule has 1 fully saturated rings. The zero-order chi connectivity index (χ0) is 12.7. The third-order valence-corrected chi connectivity index (χ3v) is 3.68. The molecule has 1 aliphatic rings. The Morgan fingerprint density at radius 3 is 2.59 bits per heavy atom. The molecule has 1 atom stereocenters. The maximum Gasteiger partial charge on any atom is 0.138 e. The lowest BCUT2D eigenvalue weighted by Gasteiger charge is -2.38. The minimum absolute atomic E-state index is 0.0267. The van der Waals surface area contributed by atoms with Crippen LogP contribution < -0.4 is 5.32 Å². The molecule has 1 heterocycles. The fourth-order valence-electron chi connectivity index (χ4n) is 2.53. The number of likely N-dealkylation sites (N-methyl/N-ethyl adjacent to an activating group) is 1. The van der Waals surface area contributed by atoms with Crippen molar-refractivity contribution in [2.24, 2.45) is 0 Å². The molecular weight excluding hydrogens is 214 g/mol. The van der Waals surface area contributed by atoms with Crippen LogP contribution in [0.5, 0.6) is 0 Å². The minimum Gasteiger partial charge on any atom is -0.310 e. The quantitative estimate of drug-likeness (QED) is 0.661. The number of carbonyl (C=O) groups excluding carboxylic acids is 1. The average molecular weight is 241 g/mol. The summed E-state index contributed by atoms with van der Waals surface area (Å²) >= 11 is 0. The lowest BCUT2D eigenvalue weighted by molar-refractivity contribution is -0.110. The SMILES string of the molecule is CCCN(CC(C=O)NC)C1CCN(C)CC1. The van der Waals surface area contributed by atoms with Crippen LogP contribution >= 0.6 is 0 Å². The van der Waals surface area contributed by atoms with E-state index >= 15 is 0 Å². The Labute approximate surface area is 105 Å². The van der Waals surface area contributed by atoms with Gasteiger partial charge in [-0.05, 0) is 53.0 Å². The Hall–Kier alpha value is -0.450. The third-order valence-electron chi connectivity index (χ3n) is 3.68. The molecule has 1 aliphatic heterocycles. The average Bonchev–Trinajstić information content (AvgIpc) is 2.35. The van der Waals surface area contributed by atoms with Gasteiger partial charge in [0, 0.05) is 12.6 Å². The van der Waals surface area contributed by atoms with E-state index in [4.69, 9.17) is 0 Å². The van der Waals surface area contributed by atoms with Gasteiger partial charge in [-0.3, -0.25) is 4.90 Å². The van der Waals surface area contributed by atoms with Crippen molar-refractivity contribution in [3.05, 3.63) is 0 Å². The van der Waals surface area contributed by atoms with Gasteiger partial charge in [0.2, 0.25) is 0 Å². The van der Waals surface area contributed by atoms with E-state index in [1.54, 1.807) is 0 Å². The monoisotopic (exact) mass is 241 g/mol. The van der Waals surface area contributed by atoms with E-state index in [9.17, 15) is 4.79 Å². The number of piperidine rings is 1. The second-order valence-electron chi connectivity index (χ2n) is 5.06. The highest BCUT2D eigenvalue weighted by atomic mass is 16.1. The Bertz CT molecular complexity index is 215. The van der Waals surface area contributed by atoms with E-state index in [2.05, 4.69) is 29.1 Å². The van der Waals surface area contributed by atoms with Crippen molar-refractivity contribution >= 4 is 6.29 Å². The van der Waals surface area contributed by atoms with E-state index in [0.717, 1.165) is 25.8 Å². The fourth-order valence-corrected chi connectivity index (χ4v) is 2.53. The smallest absolute Gasteiger partial charge is 0.138 e. The Morgan fingerprint density at radius 2 is 2.12 bits per heavy atom. The Morgan fingerprint density at radius 1 is 1.47 bits per heavy atom. The summed E-state index contributed by atoms with van der Waals surface area (Å²) in [6.07, 6.45) is 4.64. The van der Waals surface area contributed by atoms with Gasteiger partial charge in [-0.2, -0.15) is 0 Å². The number of nitrogens with one attached hydrogen (secondary N) is 1. The topological polar surface area (TPSA) is 35.6 Å². The number of hydrogen-bond donors (Lipinski definition) is 1. The van der Waals surface area contributed by atoms with E-state index in [1.165, 1.54) is 25.9 Å². The van der Waals surface area contributed by atoms with Gasteiger partial charge in [0.25, 0.3) is 0 Å². The van der Waals surface area contributed by atoms with E-state index in [1.807, 2.05) is 7.05 Å². The van der Waals surface area contributed by atoms with Crippen LogP contribution in [0.2, 0.25) is 0 Å². The lowest BCUT2D eigenvalue weighted by Crippen LogP contribution is -2.49. The highest BCUT2D eigenvalue weighted by Gasteiger charge is 2.24. The van der Waals surface area contributed by atoms with Gasteiger partial charge in [0.15, 0.2) is 0 Å². The van der Waals surface area contributed by atoms with Crippen molar-refractivity contribution in [2.45, 2.75) is 38.3 Å². The summed E-state index contributed by atoms with van der Waals surface area (Å²) in [5.74, 6) is 0. The maximum absolute atomic E-state index is 10.9. The maximum atomic E-state index is 10.9. The number of likely N-dealkylation sites (tertiary alicyclic amines) is 1. The minimum atomic E-state index is -0.0267. The molecule has 0 aromatic carbocycles. The first-order valence-electron chi connectivity index (χ1n) is 6.76. The lowest BCUT2D eigenvalue weighted by atomic mass is 10.0.